The van der Waals surface area contributed by atoms with Crippen molar-refractivity contribution in [2.45, 2.75) is 0 Å². The third-order valence-corrected chi connectivity index (χ3v) is 14.3. The quantitative estimate of drug-likeness (QED) is 0.123. The van der Waals surface area contributed by atoms with Gasteiger partial charge >= 0.3 is 0 Å². The molecule has 2 aromatic heterocycles. The molecule has 14 rings (SSSR count). The lowest BCUT2D eigenvalue weighted by atomic mass is 9.83. The Bertz CT molecular complexity index is 4420. The van der Waals surface area contributed by atoms with E-state index in [1.165, 1.54) is 70.7 Å². The molecule has 0 amide bonds. The molecule has 12 aromatic carbocycles. The number of hydrogen-bond acceptors (Lipinski definition) is 2. The maximum Gasteiger partial charge on any atom is 0.0998 e. The van der Waals surface area contributed by atoms with Crippen LogP contribution in [0.5, 0.6) is 0 Å². The summed E-state index contributed by atoms with van der Waals surface area (Å²) in [5, 5.41) is 24.3. The Morgan fingerprint density at radius 2 is 0.841 bits per heavy atom. The predicted octanol–water partition coefficient (Wildman–Crippen LogP) is 17.6. The number of fused-ring (bicyclic) bond motifs is 4. The first-order valence-electron chi connectivity index (χ1n) is 23.5. The van der Waals surface area contributed by atoms with E-state index in [0.717, 1.165) is 66.5 Å². The molecule has 0 unspecified atom stereocenters. The van der Waals surface area contributed by atoms with Crippen LogP contribution in [0.4, 0.5) is 0 Å². The van der Waals surface area contributed by atoms with Crippen LogP contribution in [-0.2, 0) is 0 Å². The first-order chi connectivity index (χ1) is 34.2. The lowest BCUT2D eigenvalue weighted by molar-refractivity contribution is 1.18. The van der Waals surface area contributed by atoms with Crippen LogP contribution in [0.15, 0.2) is 237 Å². The highest BCUT2D eigenvalue weighted by Crippen LogP contribution is 2.49. The van der Waals surface area contributed by atoms with E-state index in [4.69, 9.17) is 4.98 Å². The molecule has 0 saturated heterocycles. The van der Waals surface area contributed by atoms with Gasteiger partial charge in [0.25, 0.3) is 0 Å². The van der Waals surface area contributed by atoms with Gasteiger partial charge < -0.3 is 4.57 Å². The van der Waals surface area contributed by atoms with Crippen molar-refractivity contribution in [3.8, 4) is 67.7 Å². The Balaban J connectivity index is 1.08. The molecule has 0 bridgehead atoms. The van der Waals surface area contributed by atoms with Gasteiger partial charge in [0.15, 0.2) is 0 Å². The smallest absolute Gasteiger partial charge is 0.0998 e. The molecule has 318 valence electrons. The predicted molar refractivity (Wildman–Crippen MR) is 289 cm³/mol. The molecule has 2 heterocycles. The minimum absolute atomic E-state index is 0.684. The van der Waals surface area contributed by atoms with Crippen molar-refractivity contribution in [1.29, 1.82) is 5.26 Å². The molecule has 0 saturated carbocycles. The van der Waals surface area contributed by atoms with Gasteiger partial charge in [-0.25, -0.2) is 4.98 Å². The fourth-order valence-corrected chi connectivity index (χ4v) is 11.2. The summed E-state index contributed by atoms with van der Waals surface area (Å²) in [6.07, 6.45) is 0. The lowest BCUT2D eigenvalue weighted by Gasteiger charge is -2.20. The van der Waals surface area contributed by atoms with Gasteiger partial charge in [-0.15, -0.1) is 0 Å². The Labute approximate surface area is 398 Å². The monoisotopic (exact) mass is 873 g/mol. The van der Waals surface area contributed by atoms with Crippen molar-refractivity contribution in [3.05, 3.63) is 242 Å². The third-order valence-electron chi connectivity index (χ3n) is 14.3. The van der Waals surface area contributed by atoms with Gasteiger partial charge in [-0.05, 0) is 149 Å². The van der Waals surface area contributed by atoms with Crippen LogP contribution < -0.4 is 0 Å². The summed E-state index contributed by atoms with van der Waals surface area (Å²) in [5.74, 6) is 0. The molecule has 0 aliphatic heterocycles. The van der Waals surface area contributed by atoms with Crippen LogP contribution in [-0.4, -0.2) is 9.55 Å². The molecule has 3 nitrogen and oxygen atoms in total. The number of nitriles is 1. The van der Waals surface area contributed by atoms with Crippen LogP contribution in [0.1, 0.15) is 5.56 Å². The number of benzene rings is 12. The number of aromatic nitrogens is 2. The van der Waals surface area contributed by atoms with E-state index in [2.05, 4.69) is 235 Å². The molecule has 0 aliphatic rings. The van der Waals surface area contributed by atoms with Crippen molar-refractivity contribution >= 4 is 75.7 Å². The first kappa shape index (κ1) is 38.9. The molecule has 0 fully saturated rings. The molecule has 0 N–H and O–H groups in total. The molecular formula is C66H39N3. The topological polar surface area (TPSA) is 41.6 Å². The summed E-state index contributed by atoms with van der Waals surface area (Å²) >= 11 is 0. The highest BCUT2D eigenvalue weighted by atomic mass is 15.0. The second-order valence-corrected chi connectivity index (χ2v) is 18.1. The third kappa shape index (κ3) is 6.10. The second-order valence-electron chi connectivity index (χ2n) is 18.1. The zero-order chi connectivity index (χ0) is 45.6. The van der Waals surface area contributed by atoms with Gasteiger partial charge in [0.1, 0.15) is 0 Å². The summed E-state index contributed by atoms with van der Waals surface area (Å²) in [7, 11) is 0. The molecule has 0 aliphatic carbocycles. The number of para-hydroxylation sites is 1. The van der Waals surface area contributed by atoms with E-state index in [1.54, 1.807) is 0 Å². The van der Waals surface area contributed by atoms with Crippen molar-refractivity contribution in [2.75, 3.05) is 0 Å². The van der Waals surface area contributed by atoms with Gasteiger partial charge in [0.05, 0.1) is 34.1 Å². The fourth-order valence-electron chi connectivity index (χ4n) is 11.2. The second kappa shape index (κ2) is 15.4. The number of hydrogen-bond donors (Lipinski definition) is 0. The molecule has 0 atom stereocenters. The van der Waals surface area contributed by atoms with E-state index in [1.807, 2.05) is 12.1 Å². The zero-order valence-corrected chi connectivity index (χ0v) is 37.4. The Hall–Kier alpha value is -9.36. The molecular weight excluding hydrogens is 835 g/mol. The number of rotatable bonds is 6. The summed E-state index contributed by atoms with van der Waals surface area (Å²) < 4.78 is 2.34. The normalized spacial score (nSPS) is 11.8. The van der Waals surface area contributed by atoms with Crippen molar-refractivity contribution in [3.63, 3.8) is 0 Å². The van der Waals surface area contributed by atoms with Crippen molar-refractivity contribution in [2.24, 2.45) is 0 Å². The molecule has 0 radical (unpaired) electrons. The number of nitrogens with zero attached hydrogens (tertiary/aromatic N) is 3. The van der Waals surface area contributed by atoms with Crippen LogP contribution in [0.3, 0.4) is 0 Å². The van der Waals surface area contributed by atoms with E-state index in [0.29, 0.717) is 5.56 Å². The molecule has 14 aromatic rings. The minimum Gasteiger partial charge on any atom is -0.309 e. The van der Waals surface area contributed by atoms with Crippen molar-refractivity contribution < 1.29 is 0 Å². The van der Waals surface area contributed by atoms with Crippen LogP contribution in [0.25, 0.3) is 137 Å². The highest BCUT2D eigenvalue weighted by molar-refractivity contribution is 6.28. The van der Waals surface area contributed by atoms with E-state index >= 15 is 0 Å². The molecule has 3 heteroatoms. The summed E-state index contributed by atoms with van der Waals surface area (Å²) in [4.78, 5) is 5.25. The fraction of sp³-hybridized carbons (Fsp3) is 0. The average Bonchev–Trinajstić information content (AvgIpc) is 3.76. The maximum atomic E-state index is 10.3. The summed E-state index contributed by atoms with van der Waals surface area (Å²) in [6, 6.07) is 87.9. The Morgan fingerprint density at radius 3 is 1.49 bits per heavy atom. The molecule has 0 spiro atoms. The van der Waals surface area contributed by atoms with Crippen molar-refractivity contribution in [1.82, 2.24) is 9.55 Å². The molecule has 69 heavy (non-hydrogen) atoms. The average molecular weight is 874 g/mol. The minimum atomic E-state index is 0.684. The van der Waals surface area contributed by atoms with Gasteiger partial charge in [0.2, 0.25) is 0 Å². The van der Waals surface area contributed by atoms with Gasteiger partial charge in [-0.2, -0.15) is 5.26 Å². The Morgan fingerprint density at radius 1 is 0.333 bits per heavy atom. The zero-order valence-electron chi connectivity index (χ0n) is 37.4. The van der Waals surface area contributed by atoms with Gasteiger partial charge in [-0.1, -0.05) is 170 Å². The standard InChI is InChI=1S/C66H39N3/c67-40-50-28-34-61-65-53(50)31-32-54-52(33-35-62(66(54)65)69(61)51-18-5-2-6-19-51)46-26-29-55-57(38-46)63(48-24-22-41-12-7-9-16-44(41)36-48)56-30-27-47(60-21-11-20-59(68-60)43-14-3-1-4-15-43)39-58(56)64(55)49-25-23-42-13-8-10-17-45(42)37-49/h1-39H. The van der Waals surface area contributed by atoms with E-state index in [9.17, 15) is 5.26 Å². The van der Waals surface area contributed by atoms with Crippen LogP contribution in [0.2, 0.25) is 0 Å². The summed E-state index contributed by atoms with van der Waals surface area (Å²) in [6.45, 7) is 0. The first-order valence-corrected chi connectivity index (χ1v) is 23.5. The maximum absolute atomic E-state index is 10.3. The van der Waals surface area contributed by atoms with Crippen LogP contribution in [0, 0.1) is 11.3 Å². The SMILES string of the molecule is N#Cc1ccc2c3c1ccc1c(-c4ccc5c(-c6ccc7ccccc7c6)c6cc(-c7cccc(-c8ccccc8)n7)ccc6c(-c6ccc7ccccc7c6)c5c4)ccc(c13)n2-c1ccccc1. The highest BCUT2D eigenvalue weighted by Gasteiger charge is 2.23. The Kier molecular flexibility index (Phi) is 8.65. The largest absolute Gasteiger partial charge is 0.309 e. The van der Waals surface area contributed by atoms with E-state index < -0.39 is 0 Å². The lowest BCUT2D eigenvalue weighted by Crippen LogP contribution is -1.94. The number of pyridine rings is 1. The van der Waals surface area contributed by atoms with Gasteiger partial charge in [-0.3, -0.25) is 0 Å². The summed E-state index contributed by atoms with van der Waals surface area (Å²) in [5.41, 5.74) is 15.0. The van der Waals surface area contributed by atoms with E-state index in [-0.39, 0.29) is 0 Å². The van der Waals surface area contributed by atoms with Gasteiger partial charge in [0, 0.05) is 33.0 Å². The van der Waals surface area contributed by atoms with Crippen LogP contribution >= 0.6 is 0 Å².